The lowest BCUT2D eigenvalue weighted by Crippen LogP contribution is -2.15. The molecule has 0 amide bonds. The first kappa shape index (κ1) is 9.16. The van der Waals surface area contributed by atoms with Gasteiger partial charge in [0.15, 0.2) is 11.6 Å². The van der Waals surface area contributed by atoms with Crippen LogP contribution in [0.2, 0.25) is 5.02 Å². The van der Waals surface area contributed by atoms with Crippen molar-refractivity contribution >= 4 is 23.2 Å². The number of benzene rings is 1. The minimum Gasteiger partial charge on any atom is -0.289 e. The van der Waals surface area contributed by atoms with Crippen molar-refractivity contribution in [3.8, 4) is 0 Å². The largest absolute Gasteiger partial charge is 0.289 e. The minimum atomic E-state index is -0.131. The number of ketones is 2. The zero-order valence-electron chi connectivity index (χ0n) is 7.50. The third-order valence-electron chi connectivity index (χ3n) is 2.20. The Hall–Kier alpha value is -1.41. The Morgan fingerprint density at radius 1 is 1.14 bits per heavy atom. The first-order valence-corrected chi connectivity index (χ1v) is 4.54. The highest BCUT2D eigenvalue weighted by atomic mass is 35.5. The molecule has 0 saturated heterocycles. The molecule has 2 nitrogen and oxygen atoms in total. The van der Waals surface area contributed by atoms with E-state index >= 15 is 0 Å². The molecule has 1 aliphatic carbocycles. The molecule has 0 bridgehead atoms. The summed E-state index contributed by atoms with van der Waals surface area (Å²) in [6, 6.07) is 4.73. The molecule has 0 saturated carbocycles. The SMILES string of the molecule is CC1=CC(=O)c2ccc(Cl)cc2C1=O. The summed E-state index contributed by atoms with van der Waals surface area (Å²) < 4.78 is 0. The Morgan fingerprint density at radius 2 is 1.86 bits per heavy atom. The van der Waals surface area contributed by atoms with Crippen molar-refractivity contribution < 1.29 is 9.59 Å². The minimum absolute atomic E-state index is 0.123. The van der Waals surface area contributed by atoms with Gasteiger partial charge in [0, 0.05) is 21.7 Å². The summed E-state index contributed by atoms with van der Waals surface area (Å²) in [6.07, 6.45) is 1.36. The van der Waals surface area contributed by atoms with E-state index in [9.17, 15) is 9.59 Å². The van der Waals surface area contributed by atoms with Crippen molar-refractivity contribution in [2.45, 2.75) is 6.92 Å². The van der Waals surface area contributed by atoms with E-state index in [1.807, 2.05) is 0 Å². The predicted molar refractivity (Wildman–Crippen MR) is 53.9 cm³/mol. The van der Waals surface area contributed by atoms with Crippen LogP contribution in [0.25, 0.3) is 0 Å². The number of hydrogen-bond donors (Lipinski definition) is 0. The van der Waals surface area contributed by atoms with Crippen molar-refractivity contribution in [1.82, 2.24) is 0 Å². The van der Waals surface area contributed by atoms with Gasteiger partial charge in [0.25, 0.3) is 0 Å². The van der Waals surface area contributed by atoms with Crippen LogP contribution in [-0.2, 0) is 0 Å². The topological polar surface area (TPSA) is 34.1 Å². The average Bonchev–Trinajstić information content (AvgIpc) is 2.14. The van der Waals surface area contributed by atoms with Gasteiger partial charge in [-0.2, -0.15) is 0 Å². The summed E-state index contributed by atoms with van der Waals surface area (Å²) in [4.78, 5) is 23.1. The third kappa shape index (κ3) is 1.28. The first-order valence-electron chi connectivity index (χ1n) is 4.16. The molecule has 0 unspecified atom stereocenters. The van der Waals surface area contributed by atoms with Gasteiger partial charge >= 0.3 is 0 Å². The van der Waals surface area contributed by atoms with Crippen LogP contribution in [0.1, 0.15) is 27.6 Å². The van der Waals surface area contributed by atoms with E-state index in [2.05, 4.69) is 0 Å². The lowest BCUT2D eigenvalue weighted by atomic mass is 9.90. The van der Waals surface area contributed by atoms with Crippen LogP contribution in [0, 0.1) is 0 Å². The molecule has 0 fully saturated rings. The Morgan fingerprint density at radius 3 is 2.57 bits per heavy atom. The van der Waals surface area contributed by atoms with Gasteiger partial charge in [-0.25, -0.2) is 0 Å². The molecule has 1 aromatic carbocycles. The van der Waals surface area contributed by atoms with E-state index in [4.69, 9.17) is 11.6 Å². The maximum Gasteiger partial charge on any atom is 0.189 e. The second-order valence-corrected chi connectivity index (χ2v) is 3.65. The van der Waals surface area contributed by atoms with Crippen LogP contribution < -0.4 is 0 Å². The molecule has 0 aliphatic heterocycles. The van der Waals surface area contributed by atoms with Gasteiger partial charge < -0.3 is 0 Å². The molecule has 0 radical (unpaired) electrons. The summed E-state index contributed by atoms with van der Waals surface area (Å²) in [6.45, 7) is 1.63. The first-order chi connectivity index (χ1) is 6.59. The molecule has 0 atom stereocenters. The van der Waals surface area contributed by atoms with Crippen molar-refractivity contribution in [2.75, 3.05) is 0 Å². The molecule has 1 aliphatic rings. The zero-order valence-corrected chi connectivity index (χ0v) is 8.26. The summed E-state index contributed by atoms with van der Waals surface area (Å²) in [5.74, 6) is -0.254. The van der Waals surface area contributed by atoms with Crippen LogP contribution >= 0.6 is 11.6 Å². The number of allylic oxidation sites excluding steroid dienone is 2. The van der Waals surface area contributed by atoms with Crippen LogP contribution in [0.15, 0.2) is 29.8 Å². The van der Waals surface area contributed by atoms with Gasteiger partial charge in [0.05, 0.1) is 0 Å². The summed E-state index contributed by atoms with van der Waals surface area (Å²) in [7, 11) is 0. The maximum absolute atomic E-state index is 11.6. The molecule has 1 aromatic rings. The van der Waals surface area contributed by atoms with Crippen LogP contribution in [0.4, 0.5) is 0 Å². The number of carbonyl (C=O) groups excluding carboxylic acids is 2. The fourth-order valence-corrected chi connectivity index (χ4v) is 1.64. The smallest absolute Gasteiger partial charge is 0.189 e. The van der Waals surface area contributed by atoms with Gasteiger partial charge in [0.1, 0.15) is 0 Å². The zero-order chi connectivity index (χ0) is 10.3. The highest BCUT2D eigenvalue weighted by molar-refractivity contribution is 6.32. The van der Waals surface area contributed by atoms with Crippen LogP contribution in [0.5, 0.6) is 0 Å². The molecule has 3 heteroatoms. The molecule has 0 N–H and O–H groups in total. The van der Waals surface area contributed by atoms with Crippen molar-refractivity contribution in [2.24, 2.45) is 0 Å². The summed E-state index contributed by atoms with van der Waals surface area (Å²) >= 11 is 5.75. The van der Waals surface area contributed by atoms with E-state index in [-0.39, 0.29) is 11.6 Å². The molecule has 0 aromatic heterocycles. The van der Waals surface area contributed by atoms with Crippen LogP contribution in [-0.4, -0.2) is 11.6 Å². The molecule has 14 heavy (non-hydrogen) atoms. The number of rotatable bonds is 0. The molecule has 0 heterocycles. The fourth-order valence-electron chi connectivity index (χ4n) is 1.47. The van der Waals surface area contributed by atoms with Gasteiger partial charge in [-0.05, 0) is 31.2 Å². The second-order valence-electron chi connectivity index (χ2n) is 3.21. The average molecular weight is 207 g/mol. The molecular formula is C11H7ClO2. The van der Waals surface area contributed by atoms with E-state index in [1.165, 1.54) is 12.1 Å². The van der Waals surface area contributed by atoms with Gasteiger partial charge in [-0.1, -0.05) is 11.6 Å². The van der Waals surface area contributed by atoms with Crippen LogP contribution in [0.3, 0.4) is 0 Å². The van der Waals surface area contributed by atoms with Gasteiger partial charge in [-0.15, -0.1) is 0 Å². The van der Waals surface area contributed by atoms with Crippen molar-refractivity contribution in [1.29, 1.82) is 0 Å². The Bertz CT molecular complexity index is 472. The van der Waals surface area contributed by atoms with E-state index in [1.54, 1.807) is 19.1 Å². The monoisotopic (exact) mass is 206 g/mol. The highest BCUT2D eigenvalue weighted by Crippen LogP contribution is 2.23. The number of hydrogen-bond acceptors (Lipinski definition) is 2. The maximum atomic E-state index is 11.6. The number of fused-ring (bicyclic) bond motifs is 1. The number of halogens is 1. The fraction of sp³-hybridized carbons (Fsp3) is 0.0909. The molecular weight excluding hydrogens is 200 g/mol. The van der Waals surface area contributed by atoms with E-state index in [0.717, 1.165) is 0 Å². The van der Waals surface area contributed by atoms with Crippen molar-refractivity contribution in [3.05, 3.63) is 46.0 Å². The Labute approximate surface area is 86.2 Å². The summed E-state index contributed by atoms with van der Waals surface area (Å²) in [5, 5.41) is 0.472. The molecule has 2 rings (SSSR count). The lowest BCUT2D eigenvalue weighted by Gasteiger charge is -2.11. The van der Waals surface area contributed by atoms with E-state index in [0.29, 0.717) is 21.7 Å². The molecule has 70 valence electrons. The van der Waals surface area contributed by atoms with Crippen molar-refractivity contribution in [3.63, 3.8) is 0 Å². The second kappa shape index (κ2) is 3.07. The Balaban J connectivity index is 2.69. The number of carbonyl (C=O) groups is 2. The third-order valence-corrected chi connectivity index (χ3v) is 2.43. The Kier molecular flexibility index (Phi) is 2.01. The van der Waals surface area contributed by atoms with E-state index < -0.39 is 0 Å². The number of Topliss-reactive ketones (excluding diaryl/α,β-unsaturated/α-hetero) is 1. The lowest BCUT2D eigenvalue weighted by molar-refractivity contribution is 0.0984. The highest BCUT2D eigenvalue weighted by Gasteiger charge is 2.22. The van der Waals surface area contributed by atoms with Gasteiger partial charge in [0.2, 0.25) is 0 Å². The summed E-state index contributed by atoms with van der Waals surface area (Å²) in [5.41, 5.74) is 1.30. The quantitative estimate of drug-likeness (QED) is 0.654. The normalized spacial score (nSPS) is 15.1. The van der Waals surface area contributed by atoms with Gasteiger partial charge in [-0.3, -0.25) is 9.59 Å². The predicted octanol–water partition coefficient (Wildman–Crippen LogP) is 2.67. The molecule has 0 spiro atoms. The standard InChI is InChI=1S/C11H7ClO2/c1-6-4-10(13)8-3-2-7(12)5-9(8)11(6)14/h2-5H,1H3.